The van der Waals surface area contributed by atoms with Gasteiger partial charge in [0.2, 0.25) is 5.82 Å². The van der Waals surface area contributed by atoms with Gasteiger partial charge in [-0.25, -0.2) is 4.79 Å². The van der Waals surface area contributed by atoms with Gasteiger partial charge in [0.15, 0.2) is 0 Å². The zero-order chi connectivity index (χ0) is 23.7. The fourth-order valence-electron chi connectivity index (χ4n) is 4.72. The van der Waals surface area contributed by atoms with Crippen molar-refractivity contribution in [3.63, 3.8) is 0 Å². The molecule has 0 radical (unpaired) electrons. The molecule has 3 aromatic rings. The highest BCUT2D eigenvalue weighted by molar-refractivity contribution is 5.91. The third-order valence-electron chi connectivity index (χ3n) is 6.28. The molecule has 2 aliphatic rings. The molecule has 2 aromatic carbocycles. The SMILES string of the molecule is O=C(O)CC1CCN(C(=O)c2nc(NC(=O)OCC3c4ccccc4-c4ccccc43)n[nH]2)C1. The van der Waals surface area contributed by atoms with Crippen molar-refractivity contribution in [3.8, 4) is 11.1 Å². The second kappa shape index (κ2) is 8.97. The molecule has 174 valence electrons. The fourth-order valence-corrected chi connectivity index (χ4v) is 4.72. The van der Waals surface area contributed by atoms with Crippen LogP contribution in [0.3, 0.4) is 0 Å². The van der Waals surface area contributed by atoms with Crippen LogP contribution >= 0.6 is 0 Å². The maximum Gasteiger partial charge on any atom is 0.414 e. The molecule has 34 heavy (non-hydrogen) atoms. The first-order valence-corrected chi connectivity index (χ1v) is 11.0. The summed E-state index contributed by atoms with van der Waals surface area (Å²) in [5.41, 5.74) is 4.48. The van der Waals surface area contributed by atoms with Crippen LogP contribution in [0.5, 0.6) is 0 Å². The van der Waals surface area contributed by atoms with Crippen molar-refractivity contribution in [2.45, 2.75) is 18.8 Å². The highest BCUT2D eigenvalue weighted by atomic mass is 16.5. The number of nitrogens with zero attached hydrogens (tertiary/aromatic N) is 3. The summed E-state index contributed by atoms with van der Waals surface area (Å²) in [6.07, 6.45) is -0.0752. The quantitative estimate of drug-likeness (QED) is 0.513. The first-order valence-electron chi connectivity index (χ1n) is 11.0. The lowest BCUT2D eigenvalue weighted by Gasteiger charge is -2.14. The van der Waals surface area contributed by atoms with Crippen molar-refractivity contribution in [1.82, 2.24) is 20.1 Å². The Kier molecular flexibility index (Phi) is 5.70. The Morgan fingerprint density at radius 2 is 1.76 bits per heavy atom. The lowest BCUT2D eigenvalue weighted by molar-refractivity contribution is -0.138. The summed E-state index contributed by atoms with van der Waals surface area (Å²) in [6.45, 7) is 0.947. The normalized spacial score (nSPS) is 16.7. The summed E-state index contributed by atoms with van der Waals surface area (Å²) in [5, 5.41) is 17.8. The van der Waals surface area contributed by atoms with Crippen LogP contribution in [-0.2, 0) is 9.53 Å². The van der Waals surface area contributed by atoms with Crippen molar-refractivity contribution < 1.29 is 24.2 Å². The number of anilines is 1. The number of nitrogens with one attached hydrogen (secondary N) is 2. The van der Waals surface area contributed by atoms with Gasteiger partial charge in [0.1, 0.15) is 6.61 Å². The summed E-state index contributed by atoms with van der Waals surface area (Å²) < 4.78 is 5.47. The number of hydrogen-bond acceptors (Lipinski definition) is 6. The van der Waals surface area contributed by atoms with E-state index >= 15 is 0 Å². The number of benzene rings is 2. The number of carbonyl (C=O) groups excluding carboxylic acids is 2. The molecule has 1 aliphatic carbocycles. The van der Waals surface area contributed by atoms with Gasteiger partial charge in [0, 0.05) is 25.4 Å². The number of aromatic nitrogens is 3. The molecule has 1 fully saturated rings. The van der Waals surface area contributed by atoms with E-state index in [1.165, 1.54) is 4.90 Å². The smallest absolute Gasteiger partial charge is 0.414 e. The molecule has 2 amide bonds. The predicted octanol–water partition coefficient (Wildman–Crippen LogP) is 3.10. The molecule has 1 saturated heterocycles. The molecular formula is C24H23N5O5. The van der Waals surface area contributed by atoms with Crippen LogP contribution in [0.2, 0.25) is 0 Å². The lowest BCUT2D eigenvalue weighted by Crippen LogP contribution is -2.30. The maximum absolute atomic E-state index is 12.6. The summed E-state index contributed by atoms with van der Waals surface area (Å²) >= 11 is 0. The molecule has 1 unspecified atom stereocenters. The number of aromatic amines is 1. The maximum atomic E-state index is 12.6. The Bertz CT molecular complexity index is 1210. The number of amides is 2. The predicted molar refractivity (Wildman–Crippen MR) is 121 cm³/mol. The van der Waals surface area contributed by atoms with Gasteiger partial charge >= 0.3 is 12.1 Å². The molecule has 5 rings (SSSR count). The third kappa shape index (κ3) is 4.21. The summed E-state index contributed by atoms with van der Waals surface area (Å²) in [4.78, 5) is 41.5. The second-order valence-corrected chi connectivity index (χ2v) is 8.46. The number of fused-ring (bicyclic) bond motifs is 3. The Morgan fingerprint density at radius 1 is 1.09 bits per heavy atom. The van der Waals surface area contributed by atoms with Gasteiger partial charge in [-0.15, -0.1) is 5.10 Å². The van der Waals surface area contributed by atoms with E-state index in [9.17, 15) is 14.4 Å². The molecule has 1 aliphatic heterocycles. The number of carbonyl (C=O) groups is 3. The molecule has 10 heteroatoms. The van der Waals surface area contributed by atoms with Gasteiger partial charge in [-0.2, -0.15) is 4.98 Å². The van der Waals surface area contributed by atoms with Crippen LogP contribution in [0, 0.1) is 5.92 Å². The zero-order valence-electron chi connectivity index (χ0n) is 18.2. The Balaban J connectivity index is 1.18. The van der Waals surface area contributed by atoms with Gasteiger partial charge < -0.3 is 14.7 Å². The van der Waals surface area contributed by atoms with Crippen molar-refractivity contribution >= 4 is 23.9 Å². The average molecular weight is 461 g/mol. The number of H-pyrrole nitrogens is 1. The number of aliphatic carboxylic acids is 1. The van der Waals surface area contributed by atoms with Crippen LogP contribution in [0.1, 0.15) is 40.5 Å². The Hall–Kier alpha value is -4.21. The number of ether oxygens (including phenoxy) is 1. The number of hydrogen-bond donors (Lipinski definition) is 3. The Labute approximate surface area is 195 Å². The summed E-state index contributed by atoms with van der Waals surface area (Å²) in [7, 11) is 0. The highest BCUT2D eigenvalue weighted by Crippen LogP contribution is 2.44. The summed E-state index contributed by atoms with van der Waals surface area (Å²) in [5.74, 6) is -1.51. The molecule has 0 saturated carbocycles. The van der Waals surface area contributed by atoms with Crippen molar-refractivity contribution in [2.24, 2.45) is 5.92 Å². The summed E-state index contributed by atoms with van der Waals surface area (Å²) in [6, 6.07) is 16.1. The van der Waals surface area contributed by atoms with E-state index in [-0.39, 0.29) is 42.5 Å². The fraction of sp³-hybridized carbons (Fsp3) is 0.292. The van der Waals surface area contributed by atoms with E-state index in [0.717, 1.165) is 22.3 Å². The monoisotopic (exact) mass is 461 g/mol. The molecule has 3 N–H and O–H groups in total. The number of carboxylic acid groups (broad SMARTS) is 1. The number of rotatable bonds is 6. The van der Waals surface area contributed by atoms with Crippen molar-refractivity contribution in [3.05, 3.63) is 65.5 Å². The van der Waals surface area contributed by atoms with Gasteiger partial charge in [-0.3, -0.25) is 20.0 Å². The van der Waals surface area contributed by atoms with Gasteiger partial charge in [0.25, 0.3) is 11.9 Å². The van der Waals surface area contributed by atoms with Gasteiger partial charge in [0.05, 0.1) is 0 Å². The lowest BCUT2D eigenvalue weighted by atomic mass is 9.98. The standard InChI is InChI=1S/C24H23N5O5/c30-20(31)11-14-9-10-29(12-14)22(32)21-25-23(28-27-21)26-24(33)34-13-19-17-7-3-1-5-15(17)16-6-2-4-8-18(16)19/h1-8,14,19H,9-13H2,(H,30,31)(H2,25,26,27,28,33). The molecule has 1 atom stereocenters. The highest BCUT2D eigenvalue weighted by Gasteiger charge is 2.31. The van der Waals surface area contributed by atoms with Gasteiger partial charge in [-0.05, 0) is 34.6 Å². The first kappa shape index (κ1) is 21.6. The van der Waals surface area contributed by atoms with E-state index < -0.39 is 12.1 Å². The van der Waals surface area contributed by atoms with Crippen LogP contribution in [-0.4, -0.2) is 62.9 Å². The minimum atomic E-state index is -0.881. The van der Waals surface area contributed by atoms with E-state index in [0.29, 0.717) is 19.5 Å². The van der Waals surface area contributed by atoms with E-state index in [1.807, 2.05) is 36.4 Å². The molecule has 10 nitrogen and oxygen atoms in total. The Morgan fingerprint density at radius 3 is 2.44 bits per heavy atom. The molecule has 2 heterocycles. The molecular weight excluding hydrogens is 438 g/mol. The van der Waals surface area contributed by atoms with Crippen LogP contribution in [0.25, 0.3) is 11.1 Å². The van der Waals surface area contributed by atoms with E-state index in [2.05, 4.69) is 32.6 Å². The number of likely N-dealkylation sites (tertiary alicyclic amines) is 1. The van der Waals surface area contributed by atoms with E-state index in [1.54, 1.807) is 0 Å². The van der Waals surface area contributed by atoms with Crippen molar-refractivity contribution in [1.29, 1.82) is 0 Å². The minimum Gasteiger partial charge on any atom is -0.481 e. The minimum absolute atomic E-state index is 0.0226. The van der Waals surface area contributed by atoms with Crippen LogP contribution < -0.4 is 5.32 Å². The first-order chi connectivity index (χ1) is 16.5. The van der Waals surface area contributed by atoms with Crippen LogP contribution in [0.4, 0.5) is 10.7 Å². The topological polar surface area (TPSA) is 138 Å². The van der Waals surface area contributed by atoms with Gasteiger partial charge in [-0.1, -0.05) is 48.5 Å². The number of carboxylic acids is 1. The molecule has 0 spiro atoms. The molecule has 1 aromatic heterocycles. The average Bonchev–Trinajstić information content (AvgIpc) is 3.55. The van der Waals surface area contributed by atoms with Crippen molar-refractivity contribution in [2.75, 3.05) is 25.0 Å². The second-order valence-electron chi connectivity index (χ2n) is 8.46. The van der Waals surface area contributed by atoms with Crippen LogP contribution in [0.15, 0.2) is 48.5 Å². The zero-order valence-corrected chi connectivity index (χ0v) is 18.2. The molecule has 0 bridgehead atoms. The van der Waals surface area contributed by atoms with E-state index in [4.69, 9.17) is 9.84 Å². The third-order valence-corrected chi connectivity index (χ3v) is 6.28. The largest absolute Gasteiger partial charge is 0.481 e.